The highest BCUT2D eigenvalue weighted by Crippen LogP contribution is 2.46. The highest BCUT2D eigenvalue weighted by atomic mass is 35.5. The van der Waals surface area contributed by atoms with Crippen LogP contribution in [0.15, 0.2) is 36.4 Å². The third-order valence-electron chi connectivity index (χ3n) is 5.92. The van der Waals surface area contributed by atoms with Gasteiger partial charge in [0.15, 0.2) is 11.4 Å². The van der Waals surface area contributed by atoms with Crippen molar-refractivity contribution in [2.24, 2.45) is 0 Å². The minimum absolute atomic E-state index is 0.000467. The normalized spacial score (nSPS) is 19.4. The summed E-state index contributed by atoms with van der Waals surface area (Å²) in [6.07, 6.45) is -0.691. The topological polar surface area (TPSA) is 102 Å². The van der Waals surface area contributed by atoms with E-state index in [0.29, 0.717) is 17.9 Å². The van der Waals surface area contributed by atoms with E-state index in [0.717, 1.165) is 16.8 Å². The number of nitrogens with one attached hydrogen (secondary N) is 1. The van der Waals surface area contributed by atoms with Gasteiger partial charge in [-0.3, -0.25) is 4.79 Å². The maximum atomic E-state index is 15.1. The predicted molar refractivity (Wildman–Crippen MR) is 117 cm³/mol. The molecule has 8 nitrogen and oxygen atoms in total. The Kier molecular flexibility index (Phi) is 5.25. The molecule has 176 valence electrons. The molecule has 3 N–H and O–H groups in total. The van der Waals surface area contributed by atoms with Crippen molar-refractivity contribution in [3.05, 3.63) is 64.4 Å². The van der Waals surface area contributed by atoms with Crippen LogP contribution < -0.4 is 16.0 Å². The Balaban J connectivity index is 1.51. The highest BCUT2D eigenvalue weighted by molar-refractivity contribution is 6.31. The van der Waals surface area contributed by atoms with Crippen LogP contribution >= 0.6 is 11.6 Å². The van der Waals surface area contributed by atoms with Gasteiger partial charge in [0.1, 0.15) is 29.7 Å². The number of rotatable bonds is 3. The van der Waals surface area contributed by atoms with Gasteiger partial charge in [-0.05, 0) is 30.8 Å². The molecule has 1 saturated heterocycles. The second-order valence-electron chi connectivity index (χ2n) is 7.98. The number of amides is 2. The van der Waals surface area contributed by atoms with Gasteiger partial charge in [-0.2, -0.15) is 5.10 Å². The number of hydrogen-bond acceptors (Lipinski definition) is 6. The first-order chi connectivity index (χ1) is 16.2. The van der Waals surface area contributed by atoms with Crippen molar-refractivity contribution in [3.63, 3.8) is 0 Å². The SMILES string of the molecule is Nc1cc(-c2c(F)cccc2F)nn1CC(=O)N1C(=O)OC2(CCNC2)c2c1ccc(Cl)c2F. The minimum atomic E-state index is -1.29. The molecule has 2 aromatic carbocycles. The lowest BCUT2D eigenvalue weighted by molar-refractivity contribution is -0.119. The molecular formula is C22H17ClF3N5O3. The summed E-state index contributed by atoms with van der Waals surface area (Å²) in [4.78, 5) is 26.7. The summed E-state index contributed by atoms with van der Waals surface area (Å²) in [6.45, 7) is 0.0620. The molecule has 2 amide bonds. The van der Waals surface area contributed by atoms with E-state index >= 15 is 4.39 Å². The van der Waals surface area contributed by atoms with Gasteiger partial charge in [-0.1, -0.05) is 17.7 Å². The largest absolute Gasteiger partial charge is 0.436 e. The molecule has 1 spiro atoms. The maximum absolute atomic E-state index is 15.1. The van der Waals surface area contributed by atoms with E-state index in [2.05, 4.69) is 10.4 Å². The van der Waals surface area contributed by atoms with E-state index in [-0.39, 0.29) is 34.3 Å². The van der Waals surface area contributed by atoms with Gasteiger partial charge in [0, 0.05) is 19.0 Å². The molecule has 3 aromatic rings. The van der Waals surface area contributed by atoms with Crippen molar-refractivity contribution in [1.82, 2.24) is 15.1 Å². The Labute approximate surface area is 196 Å². The summed E-state index contributed by atoms with van der Waals surface area (Å²) >= 11 is 5.98. The van der Waals surface area contributed by atoms with Crippen LogP contribution in [0.25, 0.3) is 11.3 Å². The van der Waals surface area contributed by atoms with Crippen LogP contribution in [0.4, 0.5) is 29.5 Å². The molecule has 1 fully saturated rings. The van der Waals surface area contributed by atoms with Crippen LogP contribution in [0.5, 0.6) is 0 Å². The van der Waals surface area contributed by atoms with E-state index in [1.54, 1.807) is 0 Å². The number of nitrogens with zero attached hydrogens (tertiary/aromatic N) is 3. The molecule has 1 unspecified atom stereocenters. The fraction of sp³-hybridized carbons (Fsp3) is 0.227. The zero-order valence-electron chi connectivity index (χ0n) is 17.4. The molecule has 34 heavy (non-hydrogen) atoms. The molecule has 5 rings (SSSR count). The average molecular weight is 492 g/mol. The third kappa shape index (κ3) is 3.39. The van der Waals surface area contributed by atoms with Crippen molar-refractivity contribution in [3.8, 4) is 11.3 Å². The highest BCUT2D eigenvalue weighted by Gasteiger charge is 2.51. The Morgan fingerprint density at radius 1 is 1.24 bits per heavy atom. The predicted octanol–water partition coefficient (Wildman–Crippen LogP) is 3.58. The molecule has 0 aliphatic carbocycles. The van der Waals surface area contributed by atoms with Gasteiger partial charge in [0.2, 0.25) is 0 Å². The van der Waals surface area contributed by atoms with Gasteiger partial charge in [0.05, 0.1) is 21.8 Å². The molecule has 0 saturated carbocycles. The second-order valence-corrected chi connectivity index (χ2v) is 8.39. The first-order valence-corrected chi connectivity index (χ1v) is 10.6. The number of anilines is 2. The van der Waals surface area contributed by atoms with E-state index in [4.69, 9.17) is 22.1 Å². The number of ether oxygens (including phenoxy) is 1. The van der Waals surface area contributed by atoms with Crippen molar-refractivity contribution >= 4 is 35.1 Å². The third-order valence-corrected chi connectivity index (χ3v) is 6.21. The van der Waals surface area contributed by atoms with Crippen molar-refractivity contribution in [2.75, 3.05) is 23.7 Å². The number of imide groups is 1. The molecule has 2 aliphatic rings. The van der Waals surface area contributed by atoms with Crippen LogP contribution in [0.3, 0.4) is 0 Å². The van der Waals surface area contributed by atoms with Gasteiger partial charge in [0.25, 0.3) is 5.91 Å². The number of carbonyl (C=O) groups excluding carboxylic acids is 2. The molecule has 0 radical (unpaired) electrons. The van der Waals surface area contributed by atoms with E-state index in [9.17, 15) is 18.4 Å². The first kappa shape index (κ1) is 22.2. The quantitative estimate of drug-likeness (QED) is 0.580. The number of fused-ring (bicyclic) bond motifs is 2. The van der Waals surface area contributed by atoms with Gasteiger partial charge >= 0.3 is 6.09 Å². The summed E-state index contributed by atoms with van der Waals surface area (Å²) < 4.78 is 49.9. The molecule has 2 aliphatic heterocycles. The number of nitrogen functional groups attached to an aromatic ring is 1. The lowest BCUT2D eigenvalue weighted by atomic mass is 9.89. The minimum Gasteiger partial charge on any atom is -0.436 e. The number of nitrogens with two attached hydrogens (primary N) is 1. The van der Waals surface area contributed by atoms with Crippen LogP contribution in [-0.4, -0.2) is 34.9 Å². The molecule has 0 bridgehead atoms. The van der Waals surface area contributed by atoms with E-state index < -0.39 is 47.2 Å². The lowest BCUT2D eigenvalue weighted by Gasteiger charge is -2.39. The number of carbonyl (C=O) groups is 2. The van der Waals surface area contributed by atoms with Crippen molar-refractivity contribution in [2.45, 2.75) is 18.6 Å². The smallest absolute Gasteiger partial charge is 0.422 e. The summed E-state index contributed by atoms with van der Waals surface area (Å²) in [5.41, 5.74) is 4.08. The number of aromatic nitrogens is 2. The van der Waals surface area contributed by atoms with Crippen LogP contribution in [0, 0.1) is 17.5 Å². The van der Waals surface area contributed by atoms with Crippen LogP contribution in [0.2, 0.25) is 5.02 Å². The molecule has 1 atom stereocenters. The number of halogens is 4. The fourth-order valence-corrected chi connectivity index (χ4v) is 4.51. The van der Waals surface area contributed by atoms with Crippen molar-refractivity contribution in [1.29, 1.82) is 0 Å². The molecule has 12 heteroatoms. The zero-order valence-corrected chi connectivity index (χ0v) is 18.2. The number of hydrogen-bond donors (Lipinski definition) is 2. The Hall–Kier alpha value is -3.57. The lowest BCUT2D eigenvalue weighted by Crippen LogP contribution is -2.51. The van der Waals surface area contributed by atoms with Crippen LogP contribution in [-0.2, 0) is 21.7 Å². The summed E-state index contributed by atoms with van der Waals surface area (Å²) in [5.74, 6) is -3.41. The second kappa shape index (κ2) is 8.03. The molecule has 3 heterocycles. The Morgan fingerprint density at radius 2 is 1.97 bits per heavy atom. The first-order valence-electron chi connectivity index (χ1n) is 10.2. The van der Waals surface area contributed by atoms with E-state index in [1.165, 1.54) is 24.3 Å². The maximum Gasteiger partial charge on any atom is 0.422 e. The standard InChI is InChI=1S/C22H17ClF3N5O3/c23-11-4-5-15-19(20(11)26)22(6-7-28-10-22)34-21(33)31(15)17(32)9-30-16(27)8-14(29-30)18-12(24)2-1-3-13(18)25/h1-5,8,28H,6-7,9-10,27H2. The van der Waals surface area contributed by atoms with Gasteiger partial charge in [-0.25, -0.2) is 27.5 Å². The summed E-state index contributed by atoms with van der Waals surface area (Å²) in [5, 5.41) is 6.88. The average Bonchev–Trinajstić information content (AvgIpc) is 3.37. The number of benzene rings is 2. The van der Waals surface area contributed by atoms with Gasteiger partial charge in [-0.15, -0.1) is 0 Å². The Bertz CT molecular complexity index is 1320. The fourth-order valence-electron chi connectivity index (χ4n) is 4.35. The zero-order chi connectivity index (χ0) is 24.2. The summed E-state index contributed by atoms with van der Waals surface area (Å²) in [7, 11) is 0. The Morgan fingerprint density at radius 3 is 2.65 bits per heavy atom. The summed E-state index contributed by atoms with van der Waals surface area (Å²) in [6, 6.07) is 7.14. The van der Waals surface area contributed by atoms with Crippen molar-refractivity contribution < 1.29 is 27.5 Å². The monoisotopic (exact) mass is 491 g/mol. The molecule has 1 aromatic heterocycles. The molecular weight excluding hydrogens is 475 g/mol. The van der Waals surface area contributed by atoms with Crippen LogP contribution in [0.1, 0.15) is 12.0 Å². The van der Waals surface area contributed by atoms with E-state index in [1.807, 2.05) is 0 Å². The van der Waals surface area contributed by atoms with Gasteiger partial charge < -0.3 is 15.8 Å².